The standard InChI is InChI=1S/C10H13ClN2O/c1-6(2)13-10(14)7-4-3-5-8(11)9(7)12/h3-6H,12H2,1-2H3,(H,13,14). The summed E-state index contributed by atoms with van der Waals surface area (Å²) in [5.74, 6) is -0.194. The number of nitrogens with one attached hydrogen (secondary N) is 1. The Morgan fingerprint density at radius 1 is 1.50 bits per heavy atom. The molecule has 0 fully saturated rings. The van der Waals surface area contributed by atoms with Crippen LogP contribution in [-0.4, -0.2) is 11.9 Å². The number of nitrogens with two attached hydrogens (primary N) is 1. The normalized spacial score (nSPS) is 10.3. The van der Waals surface area contributed by atoms with Crippen LogP contribution in [0.2, 0.25) is 5.02 Å². The number of para-hydroxylation sites is 1. The van der Waals surface area contributed by atoms with Gasteiger partial charge in [-0.2, -0.15) is 0 Å². The van der Waals surface area contributed by atoms with Gasteiger partial charge in [0.05, 0.1) is 16.3 Å². The largest absolute Gasteiger partial charge is 0.397 e. The molecule has 0 saturated heterocycles. The monoisotopic (exact) mass is 212 g/mol. The van der Waals surface area contributed by atoms with Crippen molar-refractivity contribution in [1.29, 1.82) is 0 Å². The van der Waals surface area contributed by atoms with Crippen LogP contribution < -0.4 is 11.1 Å². The molecule has 0 spiro atoms. The van der Waals surface area contributed by atoms with Gasteiger partial charge in [0.15, 0.2) is 0 Å². The van der Waals surface area contributed by atoms with Gasteiger partial charge in [-0.25, -0.2) is 0 Å². The lowest BCUT2D eigenvalue weighted by Gasteiger charge is -2.10. The van der Waals surface area contributed by atoms with Gasteiger partial charge in [-0.3, -0.25) is 4.79 Å². The molecule has 0 aliphatic heterocycles. The zero-order valence-electron chi connectivity index (χ0n) is 8.17. The molecule has 14 heavy (non-hydrogen) atoms. The summed E-state index contributed by atoms with van der Waals surface area (Å²) in [5.41, 5.74) is 6.42. The predicted octanol–water partition coefficient (Wildman–Crippen LogP) is 2.06. The summed E-state index contributed by atoms with van der Waals surface area (Å²) in [4.78, 5) is 11.6. The number of hydrogen-bond acceptors (Lipinski definition) is 2. The van der Waals surface area contributed by atoms with Crippen LogP contribution in [0.15, 0.2) is 18.2 Å². The number of nitrogen functional groups attached to an aromatic ring is 1. The average Bonchev–Trinajstić information content (AvgIpc) is 2.08. The first-order valence-corrected chi connectivity index (χ1v) is 4.75. The second-order valence-corrected chi connectivity index (χ2v) is 3.74. The van der Waals surface area contributed by atoms with E-state index in [9.17, 15) is 4.79 Å². The second-order valence-electron chi connectivity index (χ2n) is 3.33. The van der Waals surface area contributed by atoms with E-state index in [1.807, 2.05) is 13.8 Å². The molecular formula is C10H13ClN2O. The molecule has 1 aromatic rings. The third kappa shape index (κ3) is 2.39. The molecule has 0 atom stereocenters. The minimum absolute atomic E-state index is 0.0841. The molecule has 1 aromatic carbocycles. The number of halogens is 1. The first kappa shape index (κ1) is 10.9. The molecule has 76 valence electrons. The summed E-state index contributed by atoms with van der Waals surface area (Å²) >= 11 is 5.79. The minimum Gasteiger partial charge on any atom is -0.397 e. The first-order valence-electron chi connectivity index (χ1n) is 4.37. The van der Waals surface area contributed by atoms with E-state index in [0.717, 1.165) is 0 Å². The van der Waals surface area contributed by atoms with Gasteiger partial charge in [0.2, 0.25) is 0 Å². The van der Waals surface area contributed by atoms with Crippen LogP contribution in [0.4, 0.5) is 5.69 Å². The third-order valence-electron chi connectivity index (χ3n) is 1.72. The molecule has 0 aromatic heterocycles. The molecule has 0 radical (unpaired) electrons. The van der Waals surface area contributed by atoms with Crippen LogP contribution in [0.5, 0.6) is 0 Å². The van der Waals surface area contributed by atoms with Crippen molar-refractivity contribution in [3.63, 3.8) is 0 Å². The molecule has 0 heterocycles. The molecule has 0 unspecified atom stereocenters. The smallest absolute Gasteiger partial charge is 0.253 e. The van der Waals surface area contributed by atoms with Crippen LogP contribution in [0.25, 0.3) is 0 Å². The quantitative estimate of drug-likeness (QED) is 0.738. The topological polar surface area (TPSA) is 55.1 Å². The molecule has 0 bridgehead atoms. The summed E-state index contributed by atoms with van der Waals surface area (Å²) in [7, 11) is 0. The Kier molecular flexibility index (Phi) is 3.36. The Balaban J connectivity index is 2.96. The van der Waals surface area contributed by atoms with E-state index >= 15 is 0 Å². The van der Waals surface area contributed by atoms with Crippen LogP contribution in [0.3, 0.4) is 0 Å². The maximum absolute atomic E-state index is 11.6. The molecule has 1 rings (SSSR count). The molecule has 0 aliphatic rings. The first-order chi connectivity index (χ1) is 6.52. The van der Waals surface area contributed by atoms with Gasteiger partial charge in [0.25, 0.3) is 5.91 Å². The fourth-order valence-electron chi connectivity index (χ4n) is 1.07. The Labute approximate surface area is 88.2 Å². The lowest BCUT2D eigenvalue weighted by molar-refractivity contribution is 0.0944. The predicted molar refractivity (Wildman–Crippen MR) is 58.5 cm³/mol. The van der Waals surface area contributed by atoms with Gasteiger partial charge in [0, 0.05) is 6.04 Å². The van der Waals surface area contributed by atoms with E-state index in [-0.39, 0.29) is 11.9 Å². The number of carbonyl (C=O) groups is 1. The van der Waals surface area contributed by atoms with Gasteiger partial charge in [-0.1, -0.05) is 17.7 Å². The number of carbonyl (C=O) groups excluding carboxylic acids is 1. The lowest BCUT2D eigenvalue weighted by Crippen LogP contribution is -2.30. The highest BCUT2D eigenvalue weighted by molar-refractivity contribution is 6.33. The van der Waals surface area contributed by atoms with E-state index in [0.29, 0.717) is 16.3 Å². The highest BCUT2D eigenvalue weighted by Crippen LogP contribution is 2.22. The van der Waals surface area contributed by atoms with Gasteiger partial charge >= 0.3 is 0 Å². The fraction of sp³-hybridized carbons (Fsp3) is 0.300. The highest BCUT2D eigenvalue weighted by Gasteiger charge is 2.11. The SMILES string of the molecule is CC(C)NC(=O)c1cccc(Cl)c1N. The molecule has 4 heteroatoms. The highest BCUT2D eigenvalue weighted by atomic mass is 35.5. The number of anilines is 1. The van der Waals surface area contributed by atoms with Crippen molar-refractivity contribution in [2.45, 2.75) is 19.9 Å². The maximum atomic E-state index is 11.6. The second kappa shape index (κ2) is 4.33. The maximum Gasteiger partial charge on any atom is 0.253 e. The molecule has 3 nitrogen and oxygen atoms in total. The number of hydrogen-bond donors (Lipinski definition) is 2. The number of amides is 1. The lowest BCUT2D eigenvalue weighted by atomic mass is 10.1. The molecular weight excluding hydrogens is 200 g/mol. The van der Waals surface area contributed by atoms with Gasteiger partial charge in [0.1, 0.15) is 0 Å². The van der Waals surface area contributed by atoms with Crippen LogP contribution in [0, 0.1) is 0 Å². The molecule has 1 amide bonds. The van der Waals surface area contributed by atoms with Crippen molar-refractivity contribution in [1.82, 2.24) is 5.32 Å². The minimum atomic E-state index is -0.194. The summed E-state index contributed by atoms with van der Waals surface area (Å²) < 4.78 is 0. The van der Waals surface area contributed by atoms with Gasteiger partial charge in [-0.15, -0.1) is 0 Å². The fourth-order valence-corrected chi connectivity index (χ4v) is 1.25. The van der Waals surface area contributed by atoms with Crippen molar-refractivity contribution in [3.05, 3.63) is 28.8 Å². The molecule has 0 saturated carbocycles. The van der Waals surface area contributed by atoms with Crippen LogP contribution in [0.1, 0.15) is 24.2 Å². The van der Waals surface area contributed by atoms with Crippen molar-refractivity contribution in [3.8, 4) is 0 Å². The van der Waals surface area contributed by atoms with E-state index in [2.05, 4.69) is 5.32 Å². The van der Waals surface area contributed by atoms with E-state index in [4.69, 9.17) is 17.3 Å². The zero-order valence-corrected chi connectivity index (χ0v) is 8.93. The van der Waals surface area contributed by atoms with E-state index < -0.39 is 0 Å². The molecule has 3 N–H and O–H groups in total. The summed E-state index contributed by atoms with van der Waals surface area (Å²) in [6.45, 7) is 3.78. The van der Waals surface area contributed by atoms with Crippen molar-refractivity contribution >= 4 is 23.2 Å². The Bertz CT molecular complexity index is 350. The Hall–Kier alpha value is -1.22. The van der Waals surface area contributed by atoms with Gasteiger partial charge in [-0.05, 0) is 26.0 Å². The van der Waals surface area contributed by atoms with Crippen molar-refractivity contribution in [2.75, 3.05) is 5.73 Å². The summed E-state index contributed by atoms with van der Waals surface area (Å²) in [5, 5.41) is 3.15. The van der Waals surface area contributed by atoms with Gasteiger partial charge < -0.3 is 11.1 Å². The molecule has 0 aliphatic carbocycles. The van der Waals surface area contributed by atoms with Crippen molar-refractivity contribution < 1.29 is 4.79 Å². The van der Waals surface area contributed by atoms with E-state index in [1.54, 1.807) is 18.2 Å². The van der Waals surface area contributed by atoms with Crippen molar-refractivity contribution in [2.24, 2.45) is 0 Å². The summed E-state index contributed by atoms with van der Waals surface area (Å²) in [6, 6.07) is 5.09. The Morgan fingerprint density at radius 2 is 2.14 bits per heavy atom. The number of rotatable bonds is 2. The summed E-state index contributed by atoms with van der Waals surface area (Å²) in [6.07, 6.45) is 0. The third-order valence-corrected chi connectivity index (χ3v) is 2.05. The van der Waals surface area contributed by atoms with Crippen LogP contribution >= 0.6 is 11.6 Å². The van der Waals surface area contributed by atoms with E-state index in [1.165, 1.54) is 0 Å². The average molecular weight is 213 g/mol. The van der Waals surface area contributed by atoms with Crippen LogP contribution in [-0.2, 0) is 0 Å². The number of benzene rings is 1. The zero-order chi connectivity index (χ0) is 10.7. The Morgan fingerprint density at radius 3 is 2.71 bits per heavy atom.